The lowest BCUT2D eigenvalue weighted by Gasteiger charge is -2.21. The Morgan fingerprint density at radius 3 is 2.81 bits per heavy atom. The van der Waals surface area contributed by atoms with E-state index in [4.69, 9.17) is 16.3 Å². The standard InChI is InChI=1S/C10H14N4O2/c1-7(15)10-8(16-2)6-14(12)9(13-10)4-3-5-11/h3-6H,11-12H2,1-2H3/b5-3+,9-4-. The molecular formula is C10H14N4O2. The molecular weight excluding hydrogens is 208 g/mol. The van der Waals surface area contributed by atoms with Crippen LogP contribution in [-0.2, 0) is 9.53 Å². The lowest BCUT2D eigenvalue weighted by atomic mass is 10.2. The van der Waals surface area contributed by atoms with Crippen molar-refractivity contribution in [3.05, 3.63) is 36.1 Å². The number of hydrogen-bond acceptors (Lipinski definition) is 6. The number of nitrogens with zero attached hydrogens (tertiary/aromatic N) is 2. The van der Waals surface area contributed by atoms with Crippen molar-refractivity contribution in [1.82, 2.24) is 5.01 Å². The van der Waals surface area contributed by atoms with Gasteiger partial charge in [-0.1, -0.05) is 0 Å². The van der Waals surface area contributed by atoms with Gasteiger partial charge in [0, 0.05) is 6.92 Å². The Balaban J connectivity index is 3.12. The van der Waals surface area contributed by atoms with E-state index in [2.05, 4.69) is 4.99 Å². The fraction of sp³-hybridized carbons (Fsp3) is 0.200. The van der Waals surface area contributed by atoms with Crippen LogP contribution in [0, 0.1) is 0 Å². The highest BCUT2D eigenvalue weighted by Gasteiger charge is 2.20. The molecule has 0 radical (unpaired) electrons. The van der Waals surface area contributed by atoms with Crippen LogP contribution >= 0.6 is 0 Å². The maximum Gasteiger partial charge on any atom is 0.182 e. The minimum Gasteiger partial charge on any atom is -0.493 e. The van der Waals surface area contributed by atoms with Gasteiger partial charge in [0.25, 0.3) is 0 Å². The van der Waals surface area contributed by atoms with Crippen molar-refractivity contribution in [2.24, 2.45) is 16.6 Å². The SMILES string of the molecule is COC1=CN(N)/C(=C\C=C\N)N=C1C(C)=O. The molecule has 0 atom stereocenters. The highest BCUT2D eigenvalue weighted by molar-refractivity contribution is 6.45. The molecule has 0 saturated carbocycles. The Bertz CT molecular complexity index is 407. The minimum atomic E-state index is -0.191. The summed E-state index contributed by atoms with van der Waals surface area (Å²) in [5.41, 5.74) is 5.44. The minimum absolute atomic E-state index is 0.191. The number of ketones is 1. The summed E-state index contributed by atoms with van der Waals surface area (Å²) in [6, 6.07) is 0. The van der Waals surface area contributed by atoms with Gasteiger partial charge in [0.2, 0.25) is 0 Å². The molecule has 1 heterocycles. The van der Waals surface area contributed by atoms with E-state index in [0.29, 0.717) is 11.6 Å². The van der Waals surface area contributed by atoms with Crippen LogP contribution < -0.4 is 11.6 Å². The largest absolute Gasteiger partial charge is 0.493 e. The van der Waals surface area contributed by atoms with Gasteiger partial charge >= 0.3 is 0 Å². The van der Waals surface area contributed by atoms with E-state index in [-0.39, 0.29) is 11.5 Å². The van der Waals surface area contributed by atoms with E-state index < -0.39 is 0 Å². The van der Waals surface area contributed by atoms with Gasteiger partial charge in [-0.05, 0) is 18.4 Å². The molecule has 1 rings (SSSR count). The highest BCUT2D eigenvalue weighted by Crippen LogP contribution is 2.15. The molecule has 0 spiro atoms. The Hall–Kier alpha value is -2.08. The van der Waals surface area contributed by atoms with Crippen molar-refractivity contribution < 1.29 is 9.53 Å². The number of carbonyl (C=O) groups excluding carboxylic acids is 1. The van der Waals surface area contributed by atoms with Crippen molar-refractivity contribution in [1.29, 1.82) is 0 Å². The van der Waals surface area contributed by atoms with Crippen LogP contribution in [0.1, 0.15) is 6.92 Å². The Kier molecular flexibility index (Phi) is 3.84. The lowest BCUT2D eigenvalue weighted by molar-refractivity contribution is -0.111. The molecule has 0 amide bonds. The van der Waals surface area contributed by atoms with Crippen molar-refractivity contribution in [2.75, 3.05) is 7.11 Å². The van der Waals surface area contributed by atoms with E-state index in [0.717, 1.165) is 0 Å². The third-order valence-electron chi connectivity index (χ3n) is 1.89. The van der Waals surface area contributed by atoms with Gasteiger partial charge in [-0.3, -0.25) is 9.80 Å². The monoisotopic (exact) mass is 222 g/mol. The third-order valence-corrected chi connectivity index (χ3v) is 1.89. The first-order valence-electron chi connectivity index (χ1n) is 4.58. The lowest BCUT2D eigenvalue weighted by Crippen LogP contribution is -2.31. The zero-order valence-corrected chi connectivity index (χ0v) is 9.18. The first-order chi connectivity index (χ1) is 7.60. The number of carbonyl (C=O) groups is 1. The molecule has 0 bridgehead atoms. The third kappa shape index (κ3) is 2.48. The maximum absolute atomic E-state index is 11.3. The van der Waals surface area contributed by atoms with Crippen molar-refractivity contribution >= 4 is 11.5 Å². The molecule has 6 heteroatoms. The van der Waals surface area contributed by atoms with Gasteiger partial charge in [-0.15, -0.1) is 0 Å². The number of methoxy groups -OCH3 is 1. The van der Waals surface area contributed by atoms with Crippen molar-refractivity contribution in [3.63, 3.8) is 0 Å². The first-order valence-corrected chi connectivity index (χ1v) is 4.58. The van der Waals surface area contributed by atoms with Crippen LogP contribution in [0.3, 0.4) is 0 Å². The smallest absolute Gasteiger partial charge is 0.182 e. The summed E-state index contributed by atoms with van der Waals surface area (Å²) < 4.78 is 5.01. The molecule has 1 aliphatic rings. The summed E-state index contributed by atoms with van der Waals surface area (Å²) in [6.45, 7) is 1.41. The van der Waals surface area contributed by atoms with E-state index in [1.165, 1.54) is 31.4 Å². The predicted molar refractivity (Wildman–Crippen MR) is 60.6 cm³/mol. The summed E-state index contributed by atoms with van der Waals surface area (Å²) in [4.78, 5) is 15.4. The zero-order chi connectivity index (χ0) is 12.1. The van der Waals surface area contributed by atoms with Gasteiger partial charge < -0.3 is 10.5 Å². The fourth-order valence-electron chi connectivity index (χ4n) is 1.15. The normalized spacial score (nSPS) is 18.7. The number of rotatable bonds is 3. The first kappa shape index (κ1) is 12.0. The second-order valence-electron chi connectivity index (χ2n) is 3.03. The summed E-state index contributed by atoms with van der Waals surface area (Å²) in [7, 11) is 1.45. The molecule has 6 nitrogen and oxygen atoms in total. The summed E-state index contributed by atoms with van der Waals surface area (Å²) >= 11 is 0. The number of nitrogens with two attached hydrogens (primary N) is 2. The molecule has 0 saturated heterocycles. The number of hydrazine groups is 1. The van der Waals surface area contributed by atoms with Gasteiger partial charge in [0.05, 0.1) is 13.3 Å². The van der Waals surface area contributed by atoms with Crippen LogP contribution in [-0.4, -0.2) is 23.6 Å². The number of allylic oxidation sites excluding steroid dienone is 3. The molecule has 86 valence electrons. The molecule has 0 aromatic rings. The average molecular weight is 222 g/mol. The van der Waals surface area contributed by atoms with Gasteiger partial charge in [0.15, 0.2) is 17.3 Å². The highest BCUT2D eigenvalue weighted by atomic mass is 16.5. The number of ether oxygens (including phenoxy) is 1. The molecule has 0 fully saturated rings. The summed E-state index contributed by atoms with van der Waals surface area (Å²) in [5.74, 6) is 6.22. The fourth-order valence-corrected chi connectivity index (χ4v) is 1.15. The van der Waals surface area contributed by atoms with Crippen LogP contribution in [0.5, 0.6) is 0 Å². The van der Waals surface area contributed by atoms with E-state index >= 15 is 0 Å². The second kappa shape index (κ2) is 5.13. The second-order valence-corrected chi connectivity index (χ2v) is 3.03. The molecule has 4 N–H and O–H groups in total. The molecule has 16 heavy (non-hydrogen) atoms. The topological polar surface area (TPSA) is 93.9 Å². The van der Waals surface area contributed by atoms with Gasteiger partial charge in [-0.2, -0.15) is 0 Å². The van der Waals surface area contributed by atoms with Crippen molar-refractivity contribution in [2.45, 2.75) is 6.92 Å². The Labute approximate surface area is 93.5 Å². The van der Waals surface area contributed by atoms with Crippen molar-refractivity contribution in [3.8, 4) is 0 Å². The molecule has 1 aliphatic heterocycles. The molecule has 0 aliphatic carbocycles. The van der Waals surface area contributed by atoms with E-state index in [1.807, 2.05) is 0 Å². The van der Waals surface area contributed by atoms with Gasteiger partial charge in [0.1, 0.15) is 5.82 Å². The number of aliphatic imine (C=N–C) groups is 1. The Morgan fingerprint density at radius 1 is 1.62 bits per heavy atom. The van der Waals surface area contributed by atoms with Gasteiger partial charge in [-0.25, -0.2) is 10.8 Å². The zero-order valence-electron chi connectivity index (χ0n) is 9.18. The molecule has 0 aromatic heterocycles. The van der Waals surface area contributed by atoms with E-state index in [1.54, 1.807) is 12.2 Å². The predicted octanol–water partition coefficient (Wildman–Crippen LogP) is 0.00730. The summed E-state index contributed by atoms with van der Waals surface area (Å²) in [6.07, 6.45) is 5.99. The summed E-state index contributed by atoms with van der Waals surface area (Å²) in [5, 5.41) is 1.26. The van der Waals surface area contributed by atoms with Crippen LogP contribution in [0.25, 0.3) is 0 Å². The Morgan fingerprint density at radius 2 is 2.31 bits per heavy atom. The van der Waals surface area contributed by atoms with Crippen LogP contribution in [0.2, 0.25) is 0 Å². The van der Waals surface area contributed by atoms with Crippen LogP contribution in [0.4, 0.5) is 0 Å². The van der Waals surface area contributed by atoms with E-state index in [9.17, 15) is 4.79 Å². The quantitative estimate of drug-likeness (QED) is 0.656. The van der Waals surface area contributed by atoms with Crippen LogP contribution in [0.15, 0.2) is 41.1 Å². The average Bonchev–Trinajstić information content (AvgIpc) is 2.26. The molecule has 0 unspecified atom stereocenters. The molecule has 0 aromatic carbocycles. The number of hydrogen-bond donors (Lipinski definition) is 2. The number of Topliss-reactive ketones (excluding diaryl/α,β-unsaturated/α-hetero) is 1. The maximum atomic E-state index is 11.3.